The maximum atomic E-state index is 9.45. The second-order valence-electron chi connectivity index (χ2n) is 3.55. The molecule has 1 fully saturated rings. The minimum absolute atomic E-state index is 0.106. The highest BCUT2D eigenvalue weighted by atomic mass is 16.5. The van der Waals surface area contributed by atoms with Gasteiger partial charge in [0.05, 0.1) is 18.8 Å². The van der Waals surface area contributed by atoms with Gasteiger partial charge in [-0.1, -0.05) is 6.92 Å². The molecule has 0 spiro atoms. The number of nitrogens with one attached hydrogen (secondary N) is 1. The summed E-state index contributed by atoms with van der Waals surface area (Å²) >= 11 is 0. The molecule has 1 unspecified atom stereocenters. The summed E-state index contributed by atoms with van der Waals surface area (Å²) in [7, 11) is 0. The molecule has 1 heterocycles. The van der Waals surface area contributed by atoms with E-state index in [9.17, 15) is 5.11 Å². The van der Waals surface area contributed by atoms with Crippen LogP contribution in [0, 0.1) is 0 Å². The summed E-state index contributed by atoms with van der Waals surface area (Å²) in [6.07, 6.45) is 0.494. The topological polar surface area (TPSA) is 41.5 Å². The molecule has 0 radical (unpaired) electrons. The average molecular weight is 159 g/mol. The zero-order valence-electron chi connectivity index (χ0n) is 7.42. The minimum atomic E-state index is -0.281. The molecular formula is C8H17NO2. The van der Waals surface area contributed by atoms with Crippen LogP contribution in [0.25, 0.3) is 0 Å². The maximum absolute atomic E-state index is 9.45. The van der Waals surface area contributed by atoms with Crippen LogP contribution >= 0.6 is 0 Å². The highest BCUT2D eigenvalue weighted by molar-refractivity contribution is 4.85. The van der Waals surface area contributed by atoms with E-state index in [2.05, 4.69) is 5.32 Å². The Labute approximate surface area is 67.7 Å². The Morgan fingerprint density at radius 3 is 2.73 bits per heavy atom. The highest BCUT2D eigenvalue weighted by Gasteiger charge is 2.33. The monoisotopic (exact) mass is 159 g/mol. The van der Waals surface area contributed by atoms with Gasteiger partial charge in [-0.3, -0.25) is 5.32 Å². The molecule has 0 aromatic heterocycles. The lowest BCUT2D eigenvalue weighted by Crippen LogP contribution is -2.44. The third kappa shape index (κ3) is 2.15. The SMILES string of the molecule is CCC(O)[C@H]1COC(C)(C)N1. The van der Waals surface area contributed by atoms with Crippen LogP contribution in [0.3, 0.4) is 0 Å². The van der Waals surface area contributed by atoms with Crippen molar-refractivity contribution < 1.29 is 9.84 Å². The van der Waals surface area contributed by atoms with E-state index in [1.165, 1.54) is 0 Å². The third-order valence-corrected chi connectivity index (χ3v) is 2.04. The summed E-state index contributed by atoms with van der Waals surface area (Å²) in [5.74, 6) is 0. The summed E-state index contributed by atoms with van der Waals surface area (Å²) in [6, 6.07) is 0.106. The van der Waals surface area contributed by atoms with Crippen LogP contribution < -0.4 is 5.32 Å². The number of hydrogen-bond acceptors (Lipinski definition) is 3. The van der Waals surface area contributed by atoms with Crippen molar-refractivity contribution in [1.29, 1.82) is 0 Å². The largest absolute Gasteiger partial charge is 0.391 e. The van der Waals surface area contributed by atoms with Crippen molar-refractivity contribution in [3.63, 3.8) is 0 Å². The predicted molar refractivity (Wildman–Crippen MR) is 43.3 cm³/mol. The molecular weight excluding hydrogens is 142 g/mol. The fourth-order valence-corrected chi connectivity index (χ4v) is 1.32. The quantitative estimate of drug-likeness (QED) is 0.616. The summed E-state index contributed by atoms with van der Waals surface area (Å²) in [5.41, 5.74) is -0.263. The van der Waals surface area contributed by atoms with Crippen molar-refractivity contribution in [3.05, 3.63) is 0 Å². The van der Waals surface area contributed by atoms with Gasteiger partial charge in [-0.2, -0.15) is 0 Å². The van der Waals surface area contributed by atoms with Crippen LogP contribution in [0.2, 0.25) is 0 Å². The third-order valence-electron chi connectivity index (χ3n) is 2.04. The zero-order valence-corrected chi connectivity index (χ0v) is 7.42. The van der Waals surface area contributed by atoms with E-state index in [1.54, 1.807) is 0 Å². The number of ether oxygens (including phenoxy) is 1. The van der Waals surface area contributed by atoms with Crippen molar-refractivity contribution >= 4 is 0 Å². The summed E-state index contributed by atoms with van der Waals surface area (Å²) in [4.78, 5) is 0. The zero-order chi connectivity index (χ0) is 8.48. The summed E-state index contributed by atoms with van der Waals surface area (Å²) in [6.45, 7) is 6.52. The molecule has 0 saturated carbocycles. The Morgan fingerprint density at radius 1 is 1.73 bits per heavy atom. The van der Waals surface area contributed by atoms with Crippen molar-refractivity contribution in [2.45, 2.75) is 45.1 Å². The maximum Gasteiger partial charge on any atom is 0.114 e. The van der Waals surface area contributed by atoms with E-state index in [0.717, 1.165) is 6.42 Å². The molecule has 3 nitrogen and oxygen atoms in total. The van der Waals surface area contributed by atoms with Gasteiger partial charge in [-0.15, -0.1) is 0 Å². The Bertz CT molecular complexity index is 136. The minimum Gasteiger partial charge on any atom is -0.391 e. The first-order valence-electron chi connectivity index (χ1n) is 4.15. The Balaban J connectivity index is 2.41. The second kappa shape index (κ2) is 3.09. The first-order chi connectivity index (χ1) is 5.05. The standard InChI is InChI=1S/C8H17NO2/c1-4-7(10)6-5-11-8(2,3)9-6/h6-7,9-10H,4-5H2,1-3H3/t6-,7?/m1/s1. The van der Waals surface area contributed by atoms with Crippen LogP contribution in [0.4, 0.5) is 0 Å². The van der Waals surface area contributed by atoms with Gasteiger partial charge in [-0.05, 0) is 20.3 Å². The molecule has 0 bridgehead atoms. The van der Waals surface area contributed by atoms with E-state index >= 15 is 0 Å². The van der Waals surface area contributed by atoms with Crippen molar-refractivity contribution in [3.8, 4) is 0 Å². The first-order valence-corrected chi connectivity index (χ1v) is 4.15. The molecule has 3 heteroatoms. The molecule has 66 valence electrons. The Morgan fingerprint density at radius 2 is 2.36 bits per heavy atom. The fraction of sp³-hybridized carbons (Fsp3) is 1.00. The van der Waals surface area contributed by atoms with E-state index in [4.69, 9.17) is 4.74 Å². The lowest BCUT2D eigenvalue weighted by Gasteiger charge is -2.20. The molecule has 2 atom stereocenters. The van der Waals surface area contributed by atoms with Crippen LogP contribution in [0.1, 0.15) is 27.2 Å². The van der Waals surface area contributed by atoms with E-state index in [1.807, 2.05) is 20.8 Å². The number of aliphatic hydroxyl groups is 1. The molecule has 11 heavy (non-hydrogen) atoms. The molecule has 2 N–H and O–H groups in total. The molecule has 1 aliphatic heterocycles. The van der Waals surface area contributed by atoms with Gasteiger partial charge in [0.15, 0.2) is 0 Å². The van der Waals surface area contributed by atoms with Gasteiger partial charge >= 0.3 is 0 Å². The molecule has 0 aromatic rings. The van der Waals surface area contributed by atoms with Crippen molar-refractivity contribution in [1.82, 2.24) is 5.32 Å². The van der Waals surface area contributed by atoms with Gasteiger partial charge < -0.3 is 9.84 Å². The highest BCUT2D eigenvalue weighted by Crippen LogP contribution is 2.17. The van der Waals surface area contributed by atoms with Gasteiger partial charge in [0.1, 0.15) is 5.72 Å². The van der Waals surface area contributed by atoms with E-state index < -0.39 is 0 Å². The van der Waals surface area contributed by atoms with Gasteiger partial charge in [0.2, 0.25) is 0 Å². The molecule has 1 rings (SSSR count). The Kier molecular flexibility index (Phi) is 2.52. The molecule has 0 amide bonds. The van der Waals surface area contributed by atoms with E-state index in [0.29, 0.717) is 6.61 Å². The van der Waals surface area contributed by atoms with Crippen LogP contribution in [-0.4, -0.2) is 29.6 Å². The average Bonchev–Trinajstić information content (AvgIpc) is 2.29. The van der Waals surface area contributed by atoms with Crippen LogP contribution in [-0.2, 0) is 4.74 Å². The fourth-order valence-electron chi connectivity index (χ4n) is 1.32. The summed E-state index contributed by atoms with van der Waals surface area (Å²) in [5, 5.41) is 12.7. The lowest BCUT2D eigenvalue weighted by molar-refractivity contribution is 0.0225. The first kappa shape index (κ1) is 8.97. The van der Waals surface area contributed by atoms with Crippen LogP contribution in [0.15, 0.2) is 0 Å². The smallest absolute Gasteiger partial charge is 0.114 e. The van der Waals surface area contributed by atoms with Crippen molar-refractivity contribution in [2.24, 2.45) is 0 Å². The van der Waals surface area contributed by atoms with Crippen LogP contribution in [0.5, 0.6) is 0 Å². The molecule has 1 aliphatic rings. The lowest BCUT2D eigenvalue weighted by atomic mass is 10.1. The predicted octanol–water partition coefficient (Wildman–Crippen LogP) is 0.482. The number of hydrogen-bond donors (Lipinski definition) is 2. The number of rotatable bonds is 2. The van der Waals surface area contributed by atoms with E-state index in [-0.39, 0.29) is 17.9 Å². The van der Waals surface area contributed by atoms with Gasteiger partial charge in [0.25, 0.3) is 0 Å². The number of aliphatic hydroxyl groups excluding tert-OH is 1. The van der Waals surface area contributed by atoms with Crippen molar-refractivity contribution in [2.75, 3.05) is 6.61 Å². The normalized spacial score (nSPS) is 32.2. The second-order valence-corrected chi connectivity index (χ2v) is 3.55. The molecule has 0 aliphatic carbocycles. The summed E-state index contributed by atoms with van der Waals surface area (Å²) < 4.78 is 5.40. The Hall–Kier alpha value is -0.120. The molecule has 0 aromatic carbocycles. The van der Waals surface area contributed by atoms with Gasteiger partial charge in [0, 0.05) is 0 Å². The van der Waals surface area contributed by atoms with Gasteiger partial charge in [-0.25, -0.2) is 0 Å². The molecule has 1 saturated heterocycles.